The number of rotatable bonds is 9. The van der Waals surface area contributed by atoms with Crippen molar-refractivity contribution in [3.63, 3.8) is 0 Å². The van der Waals surface area contributed by atoms with E-state index >= 15 is 0 Å². The van der Waals surface area contributed by atoms with Gasteiger partial charge >= 0.3 is 0 Å². The van der Waals surface area contributed by atoms with Gasteiger partial charge in [0.2, 0.25) is 21.8 Å². The molecule has 1 aliphatic rings. The number of morpholine rings is 1. The van der Waals surface area contributed by atoms with E-state index in [-0.39, 0.29) is 36.5 Å². The van der Waals surface area contributed by atoms with Crippen molar-refractivity contribution in [2.45, 2.75) is 26.3 Å². The molecule has 1 heterocycles. The van der Waals surface area contributed by atoms with E-state index in [1.807, 2.05) is 56.3 Å². The third-order valence-electron chi connectivity index (χ3n) is 5.47. The zero-order chi connectivity index (χ0) is 23.1. The molecule has 1 fully saturated rings. The van der Waals surface area contributed by atoms with Crippen molar-refractivity contribution in [2.24, 2.45) is 5.92 Å². The normalized spacial score (nSPS) is 16.1. The van der Waals surface area contributed by atoms with Crippen LogP contribution in [-0.2, 0) is 30.8 Å². The maximum absolute atomic E-state index is 12.7. The maximum atomic E-state index is 12.7. The Hall–Kier alpha value is -2.49. The first-order valence-electron chi connectivity index (χ1n) is 10.9. The van der Waals surface area contributed by atoms with Gasteiger partial charge in [-0.3, -0.25) is 9.59 Å². The van der Waals surface area contributed by atoms with Gasteiger partial charge < -0.3 is 15.4 Å². The fourth-order valence-electron chi connectivity index (χ4n) is 3.66. The Kier molecular flexibility index (Phi) is 8.22. The van der Waals surface area contributed by atoms with Crippen molar-refractivity contribution in [1.29, 1.82) is 0 Å². The summed E-state index contributed by atoms with van der Waals surface area (Å²) in [5.74, 6) is -0.972. The van der Waals surface area contributed by atoms with E-state index in [0.29, 0.717) is 26.3 Å². The molecule has 0 bridgehead atoms. The molecule has 2 aromatic rings. The van der Waals surface area contributed by atoms with Crippen LogP contribution in [0.4, 0.5) is 0 Å². The second-order valence-electron chi connectivity index (χ2n) is 8.27. The van der Waals surface area contributed by atoms with Crippen LogP contribution in [0, 0.1) is 5.92 Å². The molecule has 1 aliphatic heterocycles. The van der Waals surface area contributed by atoms with Gasteiger partial charge in [-0.15, -0.1) is 0 Å². The summed E-state index contributed by atoms with van der Waals surface area (Å²) in [5, 5.41) is 7.61. The van der Waals surface area contributed by atoms with Gasteiger partial charge in [0, 0.05) is 19.6 Å². The Labute approximate surface area is 189 Å². The topological polar surface area (TPSA) is 105 Å². The van der Waals surface area contributed by atoms with Crippen molar-refractivity contribution in [3.8, 4) is 0 Å². The smallest absolute Gasteiger partial charge is 0.242 e. The lowest BCUT2D eigenvalue weighted by Crippen LogP contribution is -2.51. The Morgan fingerprint density at radius 3 is 2.44 bits per heavy atom. The molecule has 174 valence electrons. The average molecular weight is 462 g/mol. The van der Waals surface area contributed by atoms with Crippen LogP contribution in [-0.4, -0.2) is 69.2 Å². The number of carbonyl (C=O) groups excluding carboxylic acids is 2. The highest BCUT2D eigenvalue weighted by Gasteiger charge is 2.27. The van der Waals surface area contributed by atoms with Crippen molar-refractivity contribution in [3.05, 3.63) is 48.0 Å². The van der Waals surface area contributed by atoms with Crippen LogP contribution in [0.15, 0.2) is 42.5 Å². The van der Waals surface area contributed by atoms with E-state index in [2.05, 4.69) is 10.6 Å². The number of benzene rings is 2. The minimum atomic E-state index is -3.46. The van der Waals surface area contributed by atoms with Crippen LogP contribution >= 0.6 is 0 Å². The lowest BCUT2D eigenvalue weighted by molar-refractivity contribution is -0.129. The van der Waals surface area contributed by atoms with Crippen molar-refractivity contribution >= 4 is 32.6 Å². The molecule has 8 nitrogen and oxygen atoms in total. The van der Waals surface area contributed by atoms with Crippen LogP contribution < -0.4 is 10.6 Å². The fraction of sp³-hybridized carbons (Fsp3) is 0.478. The first-order valence-corrected chi connectivity index (χ1v) is 12.5. The molecule has 9 heteroatoms. The molecule has 0 aromatic heterocycles. The summed E-state index contributed by atoms with van der Waals surface area (Å²) in [5.41, 5.74) is 0.862. The number of fused-ring (bicyclic) bond motifs is 1. The monoisotopic (exact) mass is 461 g/mol. The summed E-state index contributed by atoms with van der Waals surface area (Å²) in [4.78, 5) is 25.3. The zero-order valence-electron chi connectivity index (χ0n) is 18.5. The molecule has 0 spiro atoms. The van der Waals surface area contributed by atoms with E-state index in [4.69, 9.17) is 4.74 Å². The number of nitrogens with one attached hydrogen (secondary N) is 2. The molecular formula is C23H31N3O5S. The molecular weight excluding hydrogens is 430 g/mol. The van der Waals surface area contributed by atoms with Crippen molar-refractivity contribution in [2.75, 3.05) is 38.6 Å². The summed E-state index contributed by atoms with van der Waals surface area (Å²) in [6, 6.07) is 13.0. The molecule has 1 atom stereocenters. The van der Waals surface area contributed by atoms with Crippen LogP contribution in [0.1, 0.15) is 19.4 Å². The van der Waals surface area contributed by atoms with Gasteiger partial charge in [0.15, 0.2) is 0 Å². The van der Waals surface area contributed by atoms with Crippen LogP contribution in [0.2, 0.25) is 0 Å². The molecule has 32 heavy (non-hydrogen) atoms. The Balaban J connectivity index is 1.53. The maximum Gasteiger partial charge on any atom is 0.242 e. The average Bonchev–Trinajstić information content (AvgIpc) is 2.77. The van der Waals surface area contributed by atoms with Gasteiger partial charge in [0.25, 0.3) is 0 Å². The first-order chi connectivity index (χ1) is 15.3. The predicted molar refractivity (Wildman–Crippen MR) is 124 cm³/mol. The molecule has 0 aliphatic carbocycles. The summed E-state index contributed by atoms with van der Waals surface area (Å²) in [6.45, 7) is 5.08. The van der Waals surface area contributed by atoms with Crippen LogP contribution in [0.3, 0.4) is 0 Å². The van der Waals surface area contributed by atoms with E-state index in [1.54, 1.807) is 0 Å². The number of amides is 2. The molecule has 2 N–H and O–H groups in total. The predicted octanol–water partition coefficient (Wildman–Crippen LogP) is 1.30. The quantitative estimate of drug-likeness (QED) is 0.586. The van der Waals surface area contributed by atoms with E-state index < -0.39 is 16.1 Å². The molecule has 0 saturated carbocycles. The highest BCUT2D eigenvalue weighted by Crippen LogP contribution is 2.16. The van der Waals surface area contributed by atoms with Gasteiger partial charge in [-0.25, -0.2) is 8.42 Å². The standard InChI is InChI=1S/C23H31N3O5S/c1-17(2)22(23(28)24-9-14-32(29,30)26-10-12-31-13-11-26)25-21(27)16-18-7-8-19-5-3-4-6-20(19)15-18/h3-8,15,17,22H,9-14,16H2,1-2H3,(H,24,28)(H,25,27). The van der Waals surface area contributed by atoms with Gasteiger partial charge in [-0.05, 0) is 22.3 Å². The zero-order valence-corrected chi connectivity index (χ0v) is 19.4. The lowest BCUT2D eigenvalue weighted by atomic mass is 10.0. The number of ether oxygens (including phenoxy) is 1. The minimum absolute atomic E-state index is 0.0116. The number of carbonyl (C=O) groups is 2. The highest BCUT2D eigenvalue weighted by atomic mass is 32.2. The molecule has 1 saturated heterocycles. The summed E-state index contributed by atoms with van der Waals surface area (Å²) in [7, 11) is -3.46. The number of nitrogens with zero attached hydrogens (tertiary/aromatic N) is 1. The molecule has 1 unspecified atom stereocenters. The summed E-state index contributed by atoms with van der Waals surface area (Å²) >= 11 is 0. The molecule has 2 aromatic carbocycles. The largest absolute Gasteiger partial charge is 0.379 e. The number of hydrogen-bond donors (Lipinski definition) is 2. The Morgan fingerprint density at radius 2 is 1.75 bits per heavy atom. The van der Waals surface area contributed by atoms with E-state index in [9.17, 15) is 18.0 Å². The molecule has 3 rings (SSSR count). The van der Waals surface area contributed by atoms with Gasteiger partial charge in [-0.1, -0.05) is 56.3 Å². The highest BCUT2D eigenvalue weighted by molar-refractivity contribution is 7.89. The lowest BCUT2D eigenvalue weighted by Gasteiger charge is -2.26. The second-order valence-corrected chi connectivity index (χ2v) is 10.4. The fourth-order valence-corrected chi connectivity index (χ4v) is 4.98. The third kappa shape index (κ3) is 6.51. The third-order valence-corrected chi connectivity index (χ3v) is 7.34. The SMILES string of the molecule is CC(C)C(NC(=O)Cc1ccc2ccccc2c1)C(=O)NCCS(=O)(=O)N1CCOCC1. The van der Waals surface area contributed by atoms with Crippen LogP contribution in [0.25, 0.3) is 10.8 Å². The van der Waals surface area contributed by atoms with Crippen molar-refractivity contribution < 1.29 is 22.7 Å². The second kappa shape index (κ2) is 10.9. The number of sulfonamides is 1. The van der Waals surface area contributed by atoms with Crippen molar-refractivity contribution in [1.82, 2.24) is 14.9 Å². The Bertz CT molecular complexity index is 1050. The summed E-state index contributed by atoms with van der Waals surface area (Å²) < 4.78 is 31.4. The Morgan fingerprint density at radius 1 is 1.06 bits per heavy atom. The molecule has 0 radical (unpaired) electrons. The molecule has 2 amide bonds. The first kappa shape index (κ1) is 24.2. The van der Waals surface area contributed by atoms with Gasteiger partial charge in [0.05, 0.1) is 25.4 Å². The number of hydrogen-bond acceptors (Lipinski definition) is 5. The van der Waals surface area contributed by atoms with Crippen LogP contribution in [0.5, 0.6) is 0 Å². The van der Waals surface area contributed by atoms with Gasteiger partial charge in [-0.2, -0.15) is 4.31 Å². The van der Waals surface area contributed by atoms with E-state index in [0.717, 1.165) is 16.3 Å². The van der Waals surface area contributed by atoms with Gasteiger partial charge in [0.1, 0.15) is 6.04 Å². The van der Waals surface area contributed by atoms with E-state index in [1.165, 1.54) is 4.31 Å². The minimum Gasteiger partial charge on any atom is -0.379 e. The summed E-state index contributed by atoms with van der Waals surface area (Å²) in [6.07, 6.45) is 0.159.